The number of pyridine rings is 1. The van der Waals surface area contributed by atoms with Crippen molar-refractivity contribution in [1.29, 1.82) is 0 Å². The van der Waals surface area contributed by atoms with E-state index in [-0.39, 0.29) is 5.91 Å². The molecule has 1 aliphatic rings. The van der Waals surface area contributed by atoms with Crippen molar-refractivity contribution in [3.05, 3.63) is 84.1 Å². The standard InChI is InChI=1S/C23H22N2O2S/c1-27-21-7-3-2-6-18(21)16-25(19-11-12-19)23(26)17-9-13-20(14-10-17)28-22-8-4-5-15-24-22/h2-10,13-15,19H,11-12,16H2,1H3. The van der Waals surface area contributed by atoms with Gasteiger partial charge in [0.25, 0.3) is 5.91 Å². The molecule has 5 heteroatoms. The summed E-state index contributed by atoms with van der Waals surface area (Å²) in [4.78, 5) is 20.5. The van der Waals surface area contributed by atoms with E-state index in [4.69, 9.17) is 4.74 Å². The van der Waals surface area contributed by atoms with E-state index in [1.54, 1.807) is 25.1 Å². The molecule has 0 unspecified atom stereocenters. The van der Waals surface area contributed by atoms with Crippen LogP contribution in [0.4, 0.5) is 0 Å². The highest BCUT2D eigenvalue weighted by Gasteiger charge is 2.33. The Morgan fingerprint density at radius 2 is 1.82 bits per heavy atom. The second-order valence-electron chi connectivity index (χ2n) is 6.77. The van der Waals surface area contributed by atoms with Crippen LogP contribution < -0.4 is 4.74 Å². The van der Waals surface area contributed by atoms with Gasteiger partial charge in [-0.2, -0.15) is 0 Å². The van der Waals surface area contributed by atoms with Crippen LogP contribution in [-0.2, 0) is 6.54 Å². The predicted molar refractivity (Wildman–Crippen MR) is 111 cm³/mol. The Morgan fingerprint density at radius 1 is 1.07 bits per heavy atom. The molecular formula is C23H22N2O2S. The van der Waals surface area contributed by atoms with Crippen LogP contribution in [-0.4, -0.2) is 28.9 Å². The van der Waals surface area contributed by atoms with E-state index in [9.17, 15) is 4.79 Å². The fourth-order valence-corrected chi connectivity index (χ4v) is 3.90. The zero-order chi connectivity index (χ0) is 19.3. The van der Waals surface area contributed by atoms with Crippen molar-refractivity contribution in [2.24, 2.45) is 0 Å². The Bertz CT molecular complexity index is 940. The molecule has 4 nitrogen and oxygen atoms in total. The van der Waals surface area contributed by atoms with Gasteiger partial charge in [-0.1, -0.05) is 36.0 Å². The summed E-state index contributed by atoms with van der Waals surface area (Å²) in [6, 6.07) is 21.9. The van der Waals surface area contributed by atoms with E-state index in [1.807, 2.05) is 71.6 Å². The quantitative estimate of drug-likeness (QED) is 0.566. The zero-order valence-electron chi connectivity index (χ0n) is 15.7. The summed E-state index contributed by atoms with van der Waals surface area (Å²) in [7, 11) is 1.67. The molecule has 3 aromatic rings. The lowest BCUT2D eigenvalue weighted by Gasteiger charge is -2.23. The average Bonchev–Trinajstić information content (AvgIpc) is 3.58. The minimum atomic E-state index is 0.0720. The van der Waals surface area contributed by atoms with Crippen molar-refractivity contribution in [3.63, 3.8) is 0 Å². The lowest BCUT2D eigenvalue weighted by atomic mass is 10.1. The summed E-state index contributed by atoms with van der Waals surface area (Å²) in [6.45, 7) is 0.567. The number of nitrogens with zero attached hydrogens (tertiary/aromatic N) is 2. The maximum atomic E-state index is 13.2. The van der Waals surface area contributed by atoms with Gasteiger partial charge in [0.15, 0.2) is 0 Å². The second kappa shape index (κ2) is 8.48. The van der Waals surface area contributed by atoms with Crippen LogP contribution in [0.1, 0.15) is 28.8 Å². The number of rotatable bonds is 7. The van der Waals surface area contributed by atoms with Crippen molar-refractivity contribution >= 4 is 17.7 Å². The molecular weight excluding hydrogens is 368 g/mol. The summed E-state index contributed by atoms with van der Waals surface area (Å²) in [6.07, 6.45) is 3.91. The molecule has 1 aromatic heterocycles. The molecule has 1 saturated carbocycles. The summed E-state index contributed by atoms with van der Waals surface area (Å²) in [5, 5.41) is 0.942. The number of hydrogen-bond donors (Lipinski definition) is 0. The molecule has 0 radical (unpaired) electrons. The summed E-state index contributed by atoms with van der Waals surface area (Å²) in [5.74, 6) is 0.894. The first kappa shape index (κ1) is 18.6. The molecule has 1 amide bonds. The van der Waals surface area contributed by atoms with Crippen molar-refractivity contribution in [2.45, 2.75) is 35.3 Å². The summed E-state index contributed by atoms with van der Waals surface area (Å²) >= 11 is 1.59. The fourth-order valence-electron chi connectivity index (χ4n) is 3.13. The third-order valence-corrected chi connectivity index (χ3v) is 5.70. The van der Waals surface area contributed by atoms with Crippen molar-refractivity contribution in [2.75, 3.05) is 7.11 Å². The van der Waals surface area contributed by atoms with E-state index in [2.05, 4.69) is 4.98 Å². The first-order valence-corrected chi connectivity index (χ1v) is 10.2. The third-order valence-electron chi connectivity index (χ3n) is 4.74. The van der Waals surface area contributed by atoms with Crippen LogP contribution in [0.3, 0.4) is 0 Å². The lowest BCUT2D eigenvalue weighted by Crippen LogP contribution is -2.32. The first-order valence-electron chi connectivity index (χ1n) is 9.36. The molecule has 0 saturated heterocycles. The molecule has 2 aromatic carbocycles. The van der Waals surface area contributed by atoms with Gasteiger partial charge in [-0.25, -0.2) is 4.98 Å². The smallest absolute Gasteiger partial charge is 0.254 e. The molecule has 1 fully saturated rings. The largest absolute Gasteiger partial charge is 0.496 e. The van der Waals surface area contributed by atoms with Gasteiger partial charge in [-0.15, -0.1) is 0 Å². The van der Waals surface area contributed by atoms with Gasteiger partial charge in [0, 0.05) is 34.8 Å². The van der Waals surface area contributed by atoms with E-state index < -0.39 is 0 Å². The number of carbonyl (C=O) groups is 1. The number of aromatic nitrogens is 1. The van der Waals surface area contributed by atoms with Crippen LogP contribution in [0.5, 0.6) is 5.75 Å². The minimum Gasteiger partial charge on any atom is -0.496 e. The zero-order valence-corrected chi connectivity index (χ0v) is 16.6. The summed E-state index contributed by atoms with van der Waals surface area (Å²) < 4.78 is 5.46. The average molecular weight is 391 g/mol. The maximum absolute atomic E-state index is 13.2. The number of hydrogen-bond acceptors (Lipinski definition) is 4. The lowest BCUT2D eigenvalue weighted by molar-refractivity contribution is 0.0728. The number of benzene rings is 2. The third kappa shape index (κ3) is 4.37. The van der Waals surface area contributed by atoms with E-state index >= 15 is 0 Å². The van der Waals surface area contributed by atoms with Gasteiger partial charge in [-0.05, 0) is 55.3 Å². The molecule has 0 atom stereocenters. The number of ether oxygens (including phenoxy) is 1. The molecule has 1 heterocycles. The van der Waals surface area contributed by atoms with Crippen LogP contribution >= 0.6 is 11.8 Å². The second-order valence-corrected chi connectivity index (χ2v) is 7.86. The molecule has 0 N–H and O–H groups in total. The Kier molecular flexibility index (Phi) is 5.63. The Balaban J connectivity index is 1.50. The van der Waals surface area contributed by atoms with Crippen molar-refractivity contribution in [3.8, 4) is 5.75 Å². The Morgan fingerprint density at radius 3 is 2.50 bits per heavy atom. The number of methoxy groups -OCH3 is 1. The Hall–Kier alpha value is -2.79. The molecule has 0 spiro atoms. The number of carbonyl (C=O) groups excluding carboxylic acids is 1. The SMILES string of the molecule is COc1ccccc1CN(C(=O)c1ccc(Sc2ccccn2)cc1)C1CC1. The van der Waals surface area contributed by atoms with Crippen LogP contribution in [0.2, 0.25) is 0 Å². The number of para-hydroxylation sites is 1. The molecule has 0 bridgehead atoms. The van der Waals surface area contributed by atoms with E-state index in [0.29, 0.717) is 18.2 Å². The Labute approximate surface area is 169 Å². The van der Waals surface area contributed by atoms with Crippen LogP contribution in [0, 0.1) is 0 Å². The van der Waals surface area contributed by atoms with Gasteiger partial charge in [0.1, 0.15) is 10.8 Å². The van der Waals surface area contributed by atoms with Gasteiger partial charge in [0.05, 0.1) is 7.11 Å². The maximum Gasteiger partial charge on any atom is 0.254 e. The van der Waals surface area contributed by atoms with Crippen LogP contribution in [0.25, 0.3) is 0 Å². The molecule has 4 rings (SSSR count). The molecule has 142 valence electrons. The minimum absolute atomic E-state index is 0.0720. The van der Waals surface area contributed by atoms with Crippen molar-refractivity contribution in [1.82, 2.24) is 9.88 Å². The van der Waals surface area contributed by atoms with Gasteiger partial charge >= 0.3 is 0 Å². The molecule has 1 aliphatic carbocycles. The van der Waals surface area contributed by atoms with Gasteiger partial charge < -0.3 is 9.64 Å². The highest BCUT2D eigenvalue weighted by Crippen LogP contribution is 2.32. The fraction of sp³-hybridized carbons (Fsp3) is 0.217. The topological polar surface area (TPSA) is 42.4 Å². The van der Waals surface area contributed by atoms with Crippen molar-refractivity contribution < 1.29 is 9.53 Å². The van der Waals surface area contributed by atoms with E-state index in [1.165, 1.54) is 0 Å². The van der Waals surface area contributed by atoms with Crippen LogP contribution in [0.15, 0.2) is 82.8 Å². The predicted octanol–water partition coefficient (Wildman–Crippen LogP) is 5.05. The molecule has 28 heavy (non-hydrogen) atoms. The normalized spacial score (nSPS) is 13.2. The van der Waals surface area contributed by atoms with E-state index in [0.717, 1.165) is 34.1 Å². The molecule has 0 aliphatic heterocycles. The monoisotopic (exact) mass is 390 g/mol. The van der Waals surface area contributed by atoms with Gasteiger partial charge in [-0.3, -0.25) is 4.79 Å². The number of amides is 1. The first-order chi connectivity index (χ1) is 13.7. The highest BCUT2D eigenvalue weighted by molar-refractivity contribution is 7.99. The van der Waals surface area contributed by atoms with Gasteiger partial charge in [0.2, 0.25) is 0 Å². The summed E-state index contributed by atoms with van der Waals surface area (Å²) in [5.41, 5.74) is 1.75. The highest BCUT2D eigenvalue weighted by atomic mass is 32.2.